The molecule has 0 unspecified atom stereocenters. The van der Waals surface area contributed by atoms with Crippen LogP contribution in [0.4, 0.5) is 0 Å². The smallest absolute Gasteiger partial charge is 0.119 e. The van der Waals surface area contributed by atoms with Crippen LogP contribution in [0.15, 0.2) is 29.3 Å². The molecule has 0 radical (unpaired) electrons. The molecule has 0 saturated carbocycles. The highest BCUT2D eigenvalue weighted by atomic mass is 16.5. The molecule has 76 valence electrons. The molecule has 0 heterocycles. The van der Waals surface area contributed by atoms with E-state index in [0.29, 0.717) is 0 Å². The predicted octanol–water partition coefficient (Wildman–Crippen LogP) is 2.53. The van der Waals surface area contributed by atoms with E-state index in [0.717, 1.165) is 0 Å². The highest BCUT2D eigenvalue weighted by molar-refractivity contribution is 5.79. The summed E-state index contributed by atoms with van der Waals surface area (Å²) in [6.07, 6.45) is -1.04. The number of rotatable bonds is 4. The van der Waals surface area contributed by atoms with Crippen molar-refractivity contribution < 1.29 is 29.1 Å². The van der Waals surface area contributed by atoms with Gasteiger partial charge in [0.2, 0.25) is 0 Å². The molecule has 0 aromatic heterocycles. The molecule has 0 spiro atoms. The van der Waals surface area contributed by atoms with E-state index >= 15 is 0 Å². The number of ether oxygens (including phenoxy) is 1. The van der Waals surface area contributed by atoms with Gasteiger partial charge in [-0.2, -0.15) is 0 Å². The first-order valence-corrected chi connectivity index (χ1v) is 3.33. The van der Waals surface area contributed by atoms with E-state index in [1.54, 1.807) is 0 Å². The first-order valence-electron chi connectivity index (χ1n) is 10.3. The topological polar surface area (TPSA) is 41.8 Å². The van der Waals surface area contributed by atoms with Crippen LogP contribution < -0.4 is 4.74 Å². The summed E-state index contributed by atoms with van der Waals surface area (Å²) in [6.45, 7) is -11.3. The summed E-state index contributed by atoms with van der Waals surface area (Å²) < 4.78 is 110. The molecule has 1 rings (SSSR count). The number of benzene rings is 1. The van der Waals surface area contributed by atoms with Crippen molar-refractivity contribution in [3.63, 3.8) is 0 Å². The molecule has 0 aliphatic rings. The van der Waals surface area contributed by atoms with E-state index in [-0.39, 0.29) is 0 Å². The Hall–Kier alpha value is -1.51. The summed E-state index contributed by atoms with van der Waals surface area (Å²) in [6, 6.07) is -4.14. The van der Waals surface area contributed by atoms with Crippen molar-refractivity contribution in [3.05, 3.63) is 29.7 Å². The maximum atomic E-state index is 8.63. The van der Waals surface area contributed by atoms with Gasteiger partial charge in [0.15, 0.2) is 0 Å². The second kappa shape index (κ2) is 5.27. The Morgan fingerprint density at radius 2 is 2.50 bits per heavy atom. The van der Waals surface area contributed by atoms with Gasteiger partial charge in [0, 0.05) is 9.60 Å². The molecular weight excluding hydrogens is 178 g/mol. The van der Waals surface area contributed by atoms with Crippen LogP contribution in [0.1, 0.15) is 38.5 Å². The lowest BCUT2D eigenvalue weighted by Gasteiger charge is -2.08. The van der Waals surface area contributed by atoms with Crippen molar-refractivity contribution in [2.45, 2.75) is 13.7 Å². The van der Waals surface area contributed by atoms with Crippen molar-refractivity contribution >= 4 is 6.19 Å². The fourth-order valence-electron chi connectivity index (χ4n) is 0.560. The lowest BCUT2D eigenvalue weighted by atomic mass is 10.2. The van der Waals surface area contributed by atoms with Crippen LogP contribution in [-0.2, 0) is 0 Å². The number of hydrogen-bond donors (Lipinski definition) is 1. The highest BCUT2D eigenvalue weighted by Gasteiger charge is 1.96. The molecule has 1 aromatic rings. The molecule has 3 nitrogen and oxygen atoms in total. The zero-order chi connectivity index (χ0) is 22.5. The van der Waals surface area contributed by atoms with E-state index < -0.39 is 67.8 Å². The van der Waals surface area contributed by atoms with Gasteiger partial charge in [-0.15, -0.1) is 0 Å². The Balaban J connectivity index is 3.73. The van der Waals surface area contributed by atoms with Crippen molar-refractivity contribution in [2.24, 2.45) is 11.0 Å². The largest absolute Gasteiger partial charge is 0.493 e. The monoisotopic (exact) mass is 207 g/mol. The molecule has 0 saturated heterocycles. The summed E-state index contributed by atoms with van der Waals surface area (Å²) in [4.78, 5) is 0. The Morgan fingerprint density at radius 1 is 1.79 bits per heavy atom. The van der Waals surface area contributed by atoms with Gasteiger partial charge in [0.1, 0.15) is 5.75 Å². The summed E-state index contributed by atoms with van der Waals surface area (Å²) >= 11 is 0. The first-order chi connectivity index (χ1) is 12.3. The van der Waals surface area contributed by atoms with Crippen LogP contribution >= 0.6 is 0 Å². The lowest BCUT2D eigenvalue weighted by Crippen LogP contribution is -2.04. The van der Waals surface area contributed by atoms with Crippen LogP contribution in [0.5, 0.6) is 5.75 Å². The minimum absolute atomic E-state index is 0.755. The third-order valence-electron chi connectivity index (χ3n) is 1.02. The van der Waals surface area contributed by atoms with Crippen LogP contribution in [0, 0.1) is 5.89 Å². The van der Waals surface area contributed by atoms with Crippen LogP contribution in [0.25, 0.3) is 0 Å². The van der Waals surface area contributed by atoms with Crippen molar-refractivity contribution in [1.82, 2.24) is 0 Å². The van der Waals surface area contributed by atoms with Crippen molar-refractivity contribution in [3.8, 4) is 5.75 Å². The van der Waals surface area contributed by atoms with E-state index in [1.165, 1.54) is 0 Å². The lowest BCUT2D eigenvalue weighted by molar-refractivity contribution is 0.271. The highest BCUT2D eigenvalue weighted by Crippen LogP contribution is 2.12. The maximum absolute atomic E-state index is 8.63. The third-order valence-corrected chi connectivity index (χ3v) is 1.02. The Labute approximate surface area is 104 Å². The average molecular weight is 207 g/mol. The van der Waals surface area contributed by atoms with Gasteiger partial charge in [-0.3, -0.25) is 0 Å². The fraction of sp³-hybridized carbons (Fsp3) is 0.364. The second-order valence-corrected chi connectivity index (χ2v) is 2.00. The van der Waals surface area contributed by atoms with E-state index in [2.05, 4.69) is 9.89 Å². The molecule has 3 heteroatoms. The van der Waals surface area contributed by atoms with Crippen LogP contribution in [0.2, 0.25) is 0 Å². The molecule has 0 aliphatic heterocycles. The molecule has 0 atom stereocenters. The van der Waals surface area contributed by atoms with E-state index in [1.807, 2.05) is 0 Å². The predicted molar refractivity (Wildman–Crippen MR) is 56.2 cm³/mol. The van der Waals surface area contributed by atoms with Crippen LogP contribution in [-0.4, -0.2) is 18.0 Å². The fourth-order valence-corrected chi connectivity index (χ4v) is 0.560. The van der Waals surface area contributed by atoms with Gasteiger partial charge in [0.05, 0.1) is 22.3 Å². The number of oxime groups is 1. The average Bonchev–Trinajstić information content (AvgIpc) is 2.53. The SMILES string of the molecule is [2H]C(=NO)c1c([2H])c([2H])c(OC([2H])([2H])C([2H])(C([2H])([2H])[2H])C([2H])([2H])[2H])c([2H])c1[2H]. The Morgan fingerprint density at radius 3 is 3.07 bits per heavy atom. The minimum Gasteiger partial charge on any atom is -0.493 e. The van der Waals surface area contributed by atoms with Gasteiger partial charge >= 0.3 is 0 Å². The quantitative estimate of drug-likeness (QED) is 0.468. The summed E-state index contributed by atoms with van der Waals surface area (Å²) in [5.41, 5.74) is -0.755. The van der Waals surface area contributed by atoms with Gasteiger partial charge in [-0.05, 0) is 35.6 Å². The van der Waals surface area contributed by atoms with Gasteiger partial charge in [-0.1, -0.05) is 18.9 Å². The molecule has 1 N–H and O–H groups in total. The van der Waals surface area contributed by atoms with Gasteiger partial charge in [-0.25, -0.2) is 0 Å². The summed E-state index contributed by atoms with van der Waals surface area (Å²) in [7, 11) is 0. The molecule has 0 bridgehead atoms. The normalized spacial score (nSPS) is 29.9. The van der Waals surface area contributed by atoms with E-state index in [4.69, 9.17) is 24.4 Å². The van der Waals surface area contributed by atoms with Gasteiger partial charge in [0.25, 0.3) is 0 Å². The standard InChI is InChI=1S/C11H15NO2/c1-9(2)8-14-11-5-3-10(4-6-11)7-12-13/h3-7,9,13H,8H2,1-2H3/i1D3,2D3,3D,4D,5D,6D,7D,8D2,9D. The maximum Gasteiger partial charge on any atom is 0.119 e. The van der Waals surface area contributed by atoms with Crippen molar-refractivity contribution in [2.75, 3.05) is 6.56 Å². The number of nitrogens with zero attached hydrogens (tertiary/aromatic N) is 1. The van der Waals surface area contributed by atoms with Crippen molar-refractivity contribution in [1.29, 1.82) is 0 Å². The number of hydrogen-bond acceptors (Lipinski definition) is 3. The second-order valence-electron chi connectivity index (χ2n) is 2.00. The summed E-state index contributed by atoms with van der Waals surface area (Å²) in [5, 5.41) is 11.1. The zero-order valence-corrected chi connectivity index (χ0v) is 6.80. The molecule has 14 heavy (non-hydrogen) atoms. The molecule has 0 amide bonds. The van der Waals surface area contributed by atoms with Crippen LogP contribution in [0.3, 0.4) is 0 Å². The molecule has 0 fully saturated rings. The molecule has 1 aromatic carbocycles. The molecule has 0 aliphatic carbocycles. The Kier molecular flexibility index (Phi) is 0.884. The van der Waals surface area contributed by atoms with E-state index in [9.17, 15) is 0 Å². The molecular formula is C11H15NO2. The third kappa shape index (κ3) is 3.47. The van der Waals surface area contributed by atoms with Gasteiger partial charge < -0.3 is 9.94 Å². The zero-order valence-electron chi connectivity index (χ0n) is 20.8. The summed E-state index contributed by atoms with van der Waals surface area (Å²) in [5.74, 6) is -5.01. The Bertz CT molecular complexity index is 753. The first kappa shape index (κ1) is 2.35. The minimum atomic E-state index is -3.85.